The number of aryl methyl sites for hydroxylation is 1. The second kappa shape index (κ2) is 8.03. The van der Waals surface area contributed by atoms with Gasteiger partial charge in [-0.2, -0.15) is 13.2 Å². The monoisotopic (exact) mass is 361 g/mol. The van der Waals surface area contributed by atoms with Gasteiger partial charge in [0.15, 0.2) is 11.8 Å². The Balaban J connectivity index is 1.99. The Kier molecular flexibility index (Phi) is 6.26. The molecule has 1 aromatic heterocycles. The molecule has 1 fully saturated rings. The molecule has 0 aromatic carbocycles. The molecule has 142 valence electrons. The van der Waals surface area contributed by atoms with E-state index in [4.69, 9.17) is 0 Å². The SMILES string of the molecule is CCNC(=NCc1nnc(C)n1C)N1CCN(C(C)C(F)(F)F)CC1. The van der Waals surface area contributed by atoms with Gasteiger partial charge in [0.2, 0.25) is 0 Å². The number of hydrogen-bond acceptors (Lipinski definition) is 4. The molecule has 1 atom stereocenters. The molecule has 2 heterocycles. The van der Waals surface area contributed by atoms with Crippen LogP contribution in [-0.2, 0) is 13.6 Å². The Hall–Kier alpha value is -1.84. The molecule has 0 aliphatic carbocycles. The summed E-state index contributed by atoms with van der Waals surface area (Å²) in [5.74, 6) is 2.25. The van der Waals surface area contributed by atoms with E-state index in [9.17, 15) is 13.2 Å². The molecule has 1 aromatic rings. The van der Waals surface area contributed by atoms with Crippen LogP contribution < -0.4 is 5.32 Å². The van der Waals surface area contributed by atoms with Gasteiger partial charge in [-0.05, 0) is 20.8 Å². The molecule has 0 bridgehead atoms. The van der Waals surface area contributed by atoms with Gasteiger partial charge in [0, 0.05) is 39.8 Å². The van der Waals surface area contributed by atoms with Crippen molar-refractivity contribution in [1.82, 2.24) is 29.9 Å². The van der Waals surface area contributed by atoms with Gasteiger partial charge in [0.05, 0.1) is 0 Å². The second-order valence-corrected chi connectivity index (χ2v) is 6.13. The van der Waals surface area contributed by atoms with Gasteiger partial charge in [-0.1, -0.05) is 0 Å². The van der Waals surface area contributed by atoms with E-state index in [1.54, 1.807) is 0 Å². The van der Waals surface area contributed by atoms with E-state index in [0.717, 1.165) is 11.6 Å². The van der Waals surface area contributed by atoms with Crippen LogP contribution in [0, 0.1) is 6.92 Å². The summed E-state index contributed by atoms with van der Waals surface area (Å²) in [6.45, 7) is 7.83. The Bertz CT molecular complexity index is 588. The Morgan fingerprint density at radius 2 is 1.88 bits per heavy atom. The molecular weight excluding hydrogens is 335 g/mol. The van der Waals surface area contributed by atoms with Crippen LogP contribution in [0.1, 0.15) is 25.5 Å². The lowest BCUT2D eigenvalue weighted by molar-refractivity contribution is -0.181. The van der Waals surface area contributed by atoms with E-state index < -0.39 is 12.2 Å². The molecule has 1 saturated heterocycles. The largest absolute Gasteiger partial charge is 0.403 e. The average molecular weight is 361 g/mol. The second-order valence-electron chi connectivity index (χ2n) is 6.13. The topological polar surface area (TPSA) is 61.6 Å². The number of aliphatic imine (C=N–C) groups is 1. The lowest BCUT2D eigenvalue weighted by atomic mass is 10.2. The van der Waals surface area contributed by atoms with Crippen molar-refractivity contribution in [3.05, 3.63) is 11.6 Å². The lowest BCUT2D eigenvalue weighted by Crippen LogP contribution is -2.56. The van der Waals surface area contributed by atoms with E-state index in [1.807, 2.05) is 30.4 Å². The zero-order valence-corrected chi connectivity index (χ0v) is 15.1. The predicted octanol–water partition coefficient (Wildman–Crippen LogP) is 1.16. The summed E-state index contributed by atoms with van der Waals surface area (Å²) >= 11 is 0. The van der Waals surface area contributed by atoms with Gasteiger partial charge >= 0.3 is 6.18 Å². The summed E-state index contributed by atoms with van der Waals surface area (Å²) < 4.78 is 40.4. The number of aromatic nitrogens is 3. The molecular formula is C15H26F3N7. The highest BCUT2D eigenvalue weighted by Crippen LogP contribution is 2.25. The van der Waals surface area contributed by atoms with E-state index in [-0.39, 0.29) is 0 Å². The highest BCUT2D eigenvalue weighted by atomic mass is 19.4. The Labute approximate surface area is 145 Å². The van der Waals surface area contributed by atoms with Crippen molar-refractivity contribution >= 4 is 5.96 Å². The van der Waals surface area contributed by atoms with Crippen molar-refractivity contribution in [2.75, 3.05) is 32.7 Å². The molecule has 1 aliphatic heterocycles. The van der Waals surface area contributed by atoms with Crippen LogP contribution in [-0.4, -0.2) is 75.5 Å². The first kappa shape index (κ1) is 19.5. The zero-order valence-electron chi connectivity index (χ0n) is 15.1. The van der Waals surface area contributed by atoms with E-state index in [1.165, 1.54) is 11.8 Å². The molecule has 0 spiro atoms. The molecule has 1 aliphatic rings. The molecule has 25 heavy (non-hydrogen) atoms. The summed E-state index contributed by atoms with van der Waals surface area (Å²) in [6.07, 6.45) is -4.19. The van der Waals surface area contributed by atoms with Gasteiger partial charge in [0.1, 0.15) is 18.4 Å². The first-order valence-electron chi connectivity index (χ1n) is 8.43. The third-order valence-corrected chi connectivity index (χ3v) is 4.52. The maximum Gasteiger partial charge on any atom is 0.403 e. The minimum absolute atomic E-state index is 0.355. The third kappa shape index (κ3) is 4.83. The number of rotatable bonds is 4. The van der Waals surface area contributed by atoms with Crippen LogP contribution in [0.2, 0.25) is 0 Å². The van der Waals surface area contributed by atoms with Gasteiger partial charge in [-0.3, -0.25) is 4.90 Å². The molecule has 1 N–H and O–H groups in total. The molecule has 0 radical (unpaired) electrons. The quantitative estimate of drug-likeness (QED) is 0.644. The number of nitrogens with zero attached hydrogens (tertiary/aromatic N) is 6. The van der Waals surface area contributed by atoms with Crippen LogP contribution in [0.25, 0.3) is 0 Å². The van der Waals surface area contributed by atoms with Crippen molar-refractivity contribution in [2.45, 2.75) is 39.5 Å². The number of alkyl halides is 3. The minimum Gasteiger partial charge on any atom is -0.357 e. The smallest absolute Gasteiger partial charge is 0.357 e. The number of nitrogens with one attached hydrogen (secondary N) is 1. The first-order valence-corrected chi connectivity index (χ1v) is 8.43. The average Bonchev–Trinajstić information content (AvgIpc) is 2.89. The van der Waals surface area contributed by atoms with Crippen molar-refractivity contribution in [3.63, 3.8) is 0 Å². The van der Waals surface area contributed by atoms with E-state index >= 15 is 0 Å². The summed E-state index contributed by atoms with van der Waals surface area (Å²) in [6, 6.07) is -1.42. The van der Waals surface area contributed by atoms with Gasteiger partial charge in [0.25, 0.3) is 0 Å². The lowest BCUT2D eigenvalue weighted by Gasteiger charge is -2.39. The Morgan fingerprint density at radius 1 is 1.24 bits per heavy atom. The minimum atomic E-state index is -4.19. The van der Waals surface area contributed by atoms with Crippen molar-refractivity contribution in [1.29, 1.82) is 0 Å². The van der Waals surface area contributed by atoms with Crippen LogP contribution in [0.15, 0.2) is 4.99 Å². The number of halogens is 3. The summed E-state index contributed by atoms with van der Waals surface area (Å²) in [4.78, 5) is 8.02. The maximum absolute atomic E-state index is 12.9. The van der Waals surface area contributed by atoms with Crippen LogP contribution in [0.3, 0.4) is 0 Å². The van der Waals surface area contributed by atoms with Crippen LogP contribution in [0.4, 0.5) is 13.2 Å². The highest BCUT2D eigenvalue weighted by Gasteiger charge is 2.41. The fourth-order valence-corrected chi connectivity index (χ4v) is 2.69. The predicted molar refractivity (Wildman–Crippen MR) is 89.2 cm³/mol. The number of piperazine rings is 1. The fraction of sp³-hybridized carbons (Fsp3) is 0.800. The zero-order chi connectivity index (χ0) is 18.6. The van der Waals surface area contributed by atoms with Crippen LogP contribution in [0.5, 0.6) is 0 Å². The van der Waals surface area contributed by atoms with Crippen molar-refractivity contribution < 1.29 is 13.2 Å². The standard InChI is InChI=1S/C15H26F3N7/c1-5-19-14(20-10-13-22-21-12(3)23(13)4)25-8-6-24(7-9-25)11(2)15(16,17)18/h11H,5-10H2,1-4H3,(H,19,20). The molecule has 0 saturated carbocycles. The summed E-state index contributed by atoms with van der Waals surface area (Å²) in [5, 5.41) is 11.3. The first-order chi connectivity index (χ1) is 11.7. The van der Waals surface area contributed by atoms with E-state index in [2.05, 4.69) is 20.5 Å². The fourth-order valence-electron chi connectivity index (χ4n) is 2.69. The molecule has 10 heteroatoms. The van der Waals surface area contributed by atoms with Gasteiger partial charge in [-0.15, -0.1) is 10.2 Å². The van der Waals surface area contributed by atoms with Gasteiger partial charge < -0.3 is 14.8 Å². The molecule has 0 amide bonds. The molecule has 2 rings (SSSR count). The highest BCUT2D eigenvalue weighted by molar-refractivity contribution is 5.80. The maximum atomic E-state index is 12.9. The molecule has 1 unspecified atom stereocenters. The number of guanidine groups is 1. The molecule has 7 nitrogen and oxygen atoms in total. The number of hydrogen-bond donors (Lipinski definition) is 1. The van der Waals surface area contributed by atoms with Gasteiger partial charge in [-0.25, -0.2) is 4.99 Å². The van der Waals surface area contributed by atoms with E-state index in [0.29, 0.717) is 45.2 Å². The normalized spacial score (nSPS) is 18.5. The van der Waals surface area contributed by atoms with Crippen LogP contribution >= 0.6 is 0 Å². The summed E-state index contributed by atoms with van der Waals surface area (Å²) in [5.41, 5.74) is 0. The Morgan fingerprint density at radius 3 is 2.36 bits per heavy atom. The van der Waals surface area contributed by atoms with Crippen molar-refractivity contribution in [3.8, 4) is 0 Å². The summed E-state index contributed by atoms with van der Waals surface area (Å²) in [7, 11) is 1.88. The third-order valence-electron chi connectivity index (χ3n) is 4.52. The van der Waals surface area contributed by atoms with Crippen molar-refractivity contribution in [2.24, 2.45) is 12.0 Å².